The Balaban J connectivity index is 2.38. The molecule has 0 unspecified atom stereocenters. The molecule has 6 heteroatoms. The fourth-order valence-corrected chi connectivity index (χ4v) is 2.85. The molecule has 0 bridgehead atoms. The van der Waals surface area contributed by atoms with Crippen LogP contribution in [-0.2, 0) is 16.0 Å². The van der Waals surface area contributed by atoms with Gasteiger partial charge in [-0.25, -0.2) is 4.98 Å². The van der Waals surface area contributed by atoms with Crippen molar-refractivity contribution in [2.24, 2.45) is 5.41 Å². The Labute approximate surface area is 139 Å². The third-order valence-corrected chi connectivity index (χ3v) is 4.21. The van der Waals surface area contributed by atoms with Gasteiger partial charge in [0, 0.05) is 15.9 Å². The molecule has 0 fully saturated rings. The maximum absolute atomic E-state index is 12.1. The molecule has 0 aliphatic heterocycles. The second-order valence-electron chi connectivity index (χ2n) is 6.43. The van der Waals surface area contributed by atoms with Crippen LogP contribution in [0, 0.1) is 12.3 Å². The quantitative estimate of drug-likeness (QED) is 0.894. The molecule has 122 valence electrons. The molecule has 1 amide bonds. The molecule has 0 saturated carbocycles. The van der Waals surface area contributed by atoms with Gasteiger partial charge in [0.05, 0.1) is 12.1 Å². The first-order chi connectivity index (χ1) is 10.7. The van der Waals surface area contributed by atoms with E-state index in [1.165, 1.54) is 11.3 Å². The molecule has 0 aliphatic rings. The summed E-state index contributed by atoms with van der Waals surface area (Å²) in [5, 5.41) is 12.3. The largest absolute Gasteiger partial charge is 0.481 e. The van der Waals surface area contributed by atoms with Crippen LogP contribution in [0.5, 0.6) is 0 Å². The number of aryl methyl sites for hydroxylation is 1. The second-order valence-corrected chi connectivity index (χ2v) is 7.52. The summed E-state index contributed by atoms with van der Waals surface area (Å²) in [6, 6.07) is 7.72. The number of aromatic nitrogens is 1. The number of thiazole rings is 1. The summed E-state index contributed by atoms with van der Waals surface area (Å²) in [5.41, 5.74) is 2.04. The fourth-order valence-electron chi connectivity index (χ4n) is 1.88. The number of nitrogens with one attached hydrogen (secondary N) is 1. The van der Waals surface area contributed by atoms with Gasteiger partial charge in [-0.05, 0) is 6.92 Å². The number of anilines is 1. The predicted molar refractivity (Wildman–Crippen MR) is 91.7 cm³/mol. The van der Waals surface area contributed by atoms with Gasteiger partial charge in [-0.3, -0.25) is 9.59 Å². The maximum atomic E-state index is 12.1. The van der Waals surface area contributed by atoms with E-state index in [-0.39, 0.29) is 12.3 Å². The smallest absolute Gasteiger partial charge is 0.308 e. The van der Waals surface area contributed by atoms with Crippen molar-refractivity contribution < 1.29 is 14.7 Å². The lowest BCUT2D eigenvalue weighted by atomic mass is 9.96. The van der Waals surface area contributed by atoms with E-state index in [0.717, 1.165) is 11.1 Å². The first kappa shape index (κ1) is 17.1. The summed E-state index contributed by atoms with van der Waals surface area (Å²) < 4.78 is 0. The molecule has 0 aliphatic carbocycles. The summed E-state index contributed by atoms with van der Waals surface area (Å²) in [6.07, 6.45) is -0.119. The molecule has 2 aromatic rings. The van der Waals surface area contributed by atoms with Crippen LogP contribution in [0.15, 0.2) is 24.3 Å². The zero-order valence-electron chi connectivity index (χ0n) is 13.6. The topological polar surface area (TPSA) is 79.3 Å². The number of carbonyl (C=O) groups is 2. The third-order valence-electron chi connectivity index (χ3n) is 3.24. The molecule has 0 atom stereocenters. The van der Waals surface area contributed by atoms with Crippen molar-refractivity contribution in [3.8, 4) is 11.3 Å². The Hall–Kier alpha value is -2.21. The molecule has 0 saturated heterocycles. The highest BCUT2D eigenvalue weighted by Crippen LogP contribution is 2.32. The van der Waals surface area contributed by atoms with Crippen LogP contribution in [0.25, 0.3) is 11.3 Å². The number of amides is 1. The molecule has 1 aromatic heterocycles. The number of rotatable bonds is 4. The van der Waals surface area contributed by atoms with Crippen LogP contribution in [-0.4, -0.2) is 22.0 Å². The number of nitrogens with zero attached hydrogens (tertiary/aromatic N) is 1. The van der Waals surface area contributed by atoms with Gasteiger partial charge in [0.15, 0.2) is 5.13 Å². The van der Waals surface area contributed by atoms with Crippen molar-refractivity contribution in [1.29, 1.82) is 0 Å². The second kappa shape index (κ2) is 6.50. The van der Waals surface area contributed by atoms with Crippen molar-refractivity contribution in [1.82, 2.24) is 4.98 Å². The van der Waals surface area contributed by atoms with Crippen LogP contribution < -0.4 is 5.32 Å². The monoisotopic (exact) mass is 332 g/mol. The van der Waals surface area contributed by atoms with Crippen LogP contribution >= 0.6 is 11.3 Å². The van der Waals surface area contributed by atoms with E-state index < -0.39 is 11.4 Å². The van der Waals surface area contributed by atoms with Crippen LogP contribution in [0.2, 0.25) is 0 Å². The van der Waals surface area contributed by atoms with Gasteiger partial charge >= 0.3 is 5.97 Å². The van der Waals surface area contributed by atoms with Crippen LogP contribution in [0.4, 0.5) is 5.13 Å². The van der Waals surface area contributed by atoms with E-state index in [4.69, 9.17) is 5.11 Å². The maximum Gasteiger partial charge on any atom is 0.308 e. The Bertz CT molecular complexity index is 727. The van der Waals surface area contributed by atoms with Gasteiger partial charge in [-0.1, -0.05) is 50.6 Å². The standard InChI is InChI=1S/C17H20N2O3S/c1-10-5-7-11(8-6-10)14-12(9-13(20)21)23-16(18-14)19-15(22)17(2,3)4/h5-8H,9H2,1-4H3,(H,20,21)(H,18,19,22). The number of aliphatic carboxylic acids is 1. The Morgan fingerprint density at radius 2 is 1.83 bits per heavy atom. The minimum Gasteiger partial charge on any atom is -0.481 e. The molecule has 1 heterocycles. The van der Waals surface area contributed by atoms with E-state index in [1.807, 2.05) is 52.0 Å². The molecule has 0 radical (unpaired) electrons. The van der Waals surface area contributed by atoms with Crippen LogP contribution in [0.3, 0.4) is 0 Å². The molecule has 2 rings (SSSR count). The minimum atomic E-state index is -0.921. The zero-order chi connectivity index (χ0) is 17.2. The van der Waals surface area contributed by atoms with Crippen molar-refractivity contribution in [3.63, 3.8) is 0 Å². The van der Waals surface area contributed by atoms with E-state index >= 15 is 0 Å². The molecule has 1 aromatic carbocycles. The van der Waals surface area contributed by atoms with Crippen molar-refractivity contribution in [2.75, 3.05) is 5.32 Å². The highest BCUT2D eigenvalue weighted by atomic mass is 32.1. The van der Waals surface area contributed by atoms with E-state index in [0.29, 0.717) is 15.7 Å². The van der Waals surface area contributed by atoms with Gasteiger partial charge in [0.1, 0.15) is 0 Å². The summed E-state index contributed by atoms with van der Waals surface area (Å²) in [4.78, 5) is 28.3. The average molecular weight is 332 g/mol. The van der Waals surface area contributed by atoms with Crippen molar-refractivity contribution >= 4 is 28.3 Å². The number of hydrogen-bond donors (Lipinski definition) is 2. The highest BCUT2D eigenvalue weighted by molar-refractivity contribution is 7.16. The summed E-state index contributed by atoms with van der Waals surface area (Å²) in [6.45, 7) is 7.43. The van der Waals surface area contributed by atoms with Gasteiger partial charge in [0.2, 0.25) is 5.91 Å². The number of carboxylic acid groups (broad SMARTS) is 1. The van der Waals surface area contributed by atoms with E-state index in [1.54, 1.807) is 0 Å². The van der Waals surface area contributed by atoms with Crippen molar-refractivity contribution in [2.45, 2.75) is 34.1 Å². The SMILES string of the molecule is Cc1ccc(-c2nc(NC(=O)C(C)(C)C)sc2CC(=O)O)cc1. The van der Waals surface area contributed by atoms with Gasteiger partial charge in [-0.2, -0.15) is 0 Å². The average Bonchev–Trinajstić information content (AvgIpc) is 2.80. The van der Waals surface area contributed by atoms with Crippen molar-refractivity contribution in [3.05, 3.63) is 34.7 Å². The zero-order valence-corrected chi connectivity index (χ0v) is 14.5. The first-order valence-electron chi connectivity index (χ1n) is 7.27. The highest BCUT2D eigenvalue weighted by Gasteiger charge is 2.24. The van der Waals surface area contributed by atoms with E-state index in [9.17, 15) is 9.59 Å². The molecule has 2 N–H and O–H groups in total. The first-order valence-corrected chi connectivity index (χ1v) is 8.08. The summed E-state index contributed by atoms with van der Waals surface area (Å²) in [5.74, 6) is -1.07. The minimum absolute atomic E-state index is 0.119. The number of hydrogen-bond acceptors (Lipinski definition) is 4. The van der Waals surface area contributed by atoms with Gasteiger partial charge in [-0.15, -0.1) is 11.3 Å². The molecular formula is C17H20N2O3S. The Morgan fingerprint density at radius 1 is 1.22 bits per heavy atom. The number of carbonyl (C=O) groups excluding carboxylic acids is 1. The lowest BCUT2D eigenvalue weighted by Crippen LogP contribution is -2.27. The lowest BCUT2D eigenvalue weighted by Gasteiger charge is -2.15. The summed E-state index contributed by atoms with van der Waals surface area (Å²) >= 11 is 1.21. The van der Waals surface area contributed by atoms with E-state index in [2.05, 4.69) is 10.3 Å². The molecule has 0 spiro atoms. The number of benzene rings is 1. The third kappa shape index (κ3) is 4.39. The normalized spacial score (nSPS) is 11.3. The molecular weight excluding hydrogens is 312 g/mol. The molecule has 23 heavy (non-hydrogen) atoms. The van der Waals surface area contributed by atoms with Crippen LogP contribution in [0.1, 0.15) is 31.2 Å². The predicted octanol–water partition coefficient (Wildman–Crippen LogP) is 3.73. The fraction of sp³-hybridized carbons (Fsp3) is 0.353. The lowest BCUT2D eigenvalue weighted by molar-refractivity contribution is -0.136. The molecule has 5 nitrogen and oxygen atoms in total. The number of carboxylic acids is 1. The summed E-state index contributed by atoms with van der Waals surface area (Å²) in [7, 11) is 0. The van der Waals surface area contributed by atoms with Gasteiger partial charge < -0.3 is 10.4 Å². The van der Waals surface area contributed by atoms with Gasteiger partial charge in [0.25, 0.3) is 0 Å². The Morgan fingerprint density at radius 3 is 2.35 bits per heavy atom. The Kier molecular flexibility index (Phi) is 4.85.